The Balaban J connectivity index is 3.26. The Morgan fingerprint density at radius 2 is 1.83 bits per heavy atom. The van der Waals surface area contributed by atoms with Gasteiger partial charge in [0.05, 0.1) is 0 Å². The number of rotatable bonds is 8. The van der Waals surface area contributed by atoms with Crippen LogP contribution in [0.3, 0.4) is 0 Å². The molecule has 0 aromatic rings. The van der Waals surface area contributed by atoms with Gasteiger partial charge in [-0.15, -0.1) is 0 Å². The Hall–Kier alpha value is 0.620. The van der Waals surface area contributed by atoms with E-state index in [1.807, 2.05) is 0 Å². The standard InChI is InChI=1S/C8H20N2S2/c1-2-8(10-4-6-12)7-9-3-5-11/h8-12H,2-7H2,1H3. The average Bonchev–Trinajstić information content (AvgIpc) is 2.11. The molecule has 0 fully saturated rings. The largest absolute Gasteiger partial charge is 0.314 e. The number of thiol groups is 2. The van der Waals surface area contributed by atoms with E-state index in [9.17, 15) is 0 Å². The third-order valence-corrected chi connectivity index (χ3v) is 2.16. The van der Waals surface area contributed by atoms with Crippen LogP contribution in [0.15, 0.2) is 0 Å². The van der Waals surface area contributed by atoms with Gasteiger partial charge in [0.15, 0.2) is 0 Å². The van der Waals surface area contributed by atoms with Crippen LogP contribution in [0.5, 0.6) is 0 Å². The Labute approximate surface area is 86.7 Å². The molecular weight excluding hydrogens is 188 g/mol. The van der Waals surface area contributed by atoms with E-state index in [1.54, 1.807) is 0 Å². The van der Waals surface area contributed by atoms with Gasteiger partial charge in [0.2, 0.25) is 0 Å². The Kier molecular flexibility index (Phi) is 10.2. The second kappa shape index (κ2) is 9.71. The second-order valence-corrected chi connectivity index (χ2v) is 3.61. The first kappa shape index (κ1) is 12.6. The fourth-order valence-electron chi connectivity index (χ4n) is 0.985. The zero-order valence-electron chi connectivity index (χ0n) is 7.71. The van der Waals surface area contributed by atoms with Crippen molar-refractivity contribution in [2.45, 2.75) is 19.4 Å². The minimum atomic E-state index is 0.581. The van der Waals surface area contributed by atoms with Crippen molar-refractivity contribution in [3.63, 3.8) is 0 Å². The van der Waals surface area contributed by atoms with Crippen molar-refractivity contribution in [3.8, 4) is 0 Å². The van der Waals surface area contributed by atoms with Gasteiger partial charge in [-0.3, -0.25) is 0 Å². The van der Waals surface area contributed by atoms with E-state index in [1.165, 1.54) is 0 Å². The van der Waals surface area contributed by atoms with Crippen LogP contribution in [0.2, 0.25) is 0 Å². The van der Waals surface area contributed by atoms with Gasteiger partial charge in [-0.1, -0.05) is 6.92 Å². The summed E-state index contributed by atoms with van der Waals surface area (Å²) >= 11 is 8.28. The predicted molar refractivity (Wildman–Crippen MR) is 62.7 cm³/mol. The van der Waals surface area contributed by atoms with Crippen molar-refractivity contribution in [2.24, 2.45) is 0 Å². The lowest BCUT2D eigenvalue weighted by Crippen LogP contribution is -2.39. The SMILES string of the molecule is CCC(CNCCS)NCCS. The third-order valence-electron chi connectivity index (χ3n) is 1.72. The maximum Gasteiger partial charge on any atom is 0.0190 e. The van der Waals surface area contributed by atoms with E-state index in [0.29, 0.717) is 6.04 Å². The van der Waals surface area contributed by atoms with Gasteiger partial charge < -0.3 is 10.6 Å². The van der Waals surface area contributed by atoms with Gasteiger partial charge in [0, 0.05) is 37.2 Å². The third kappa shape index (κ3) is 7.28. The fraction of sp³-hybridized carbons (Fsp3) is 1.00. The molecule has 0 aliphatic rings. The summed E-state index contributed by atoms with van der Waals surface area (Å²) in [4.78, 5) is 0. The van der Waals surface area contributed by atoms with Gasteiger partial charge in [0.25, 0.3) is 0 Å². The molecule has 1 unspecified atom stereocenters. The van der Waals surface area contributed by atoms with Gasteiger partial charge in [-0.25, -0.2) is 0 Å². The molecule has 0 aliphatic carbocycles. The number of hydrogen-bond acceptors (Lipinski definition) is 4. The molecule has 2 nitrogen and oxygen atoms in total. The lowest BCUT2D eigenvalue weighted by Gasteiger charge is -2.16. The van der Waals surface area contributed by atoms with Crippen LogP contribution < -0.4 is 10.6 Å². The summed E-state index contributed by atoms with van der Waals surface area (Å²) in [5.74, 6) is 1.81. The summed E-state index contributed by atoms with van der Waals surface area (Å²) in [7, 11) is 0. The molecule has 0 aromatic heterocycles. The molecule has 2 N–H and O–H groups in total. The van der Waals surface area contributed by atoms with Crippen LogP contribution in [0, 0.1) is 0 Å². The van der Waals surface area contributed by atoms with Crippen molar-refractivity contribution in [3.05, 3.63) is 0 Å². The highest BCUT2D eigenvalue weighted by atomic mass is 32.1. The van der Waals surface area contributed by atoms with Crippen LogP contribution in [0.1, 0.15) is 13.3 Å². The first-order valence-electron chi connectivity index (χ1n) is 4.51. The van der Waals surface area contributed by atoms with E-state index in [-0.39, 0.29) is 0 Å². The molecular formula is C8H20N2S2. The van der Waals surface area contributed by atoms with Gasteiger partial charge in [0.1, 0.15) is 0 Å². The molecule has 0 spiro atoms. The van der Waals surface area contributed by atoms with Gasteiger partial charge in [-0.05, 0) is 6.42 Å². The normalized spacial score (nSPS) is 13.2. The summed E-state index contributed by atoms with van der Waals surface area (Å²) in [5.41, 5.74) is 0. The first-order valence-corrected chi connectivity index (χ1v) is 5.77. The zero-order chi connectivity index (χ0) is 9.23. The maximum atomic E-state index is 4.15. The van der Waals surface area contributed by atoms with Crippen LogP contribution in [-0.2, 0) is 0 Å². The number of hydrogen-bond donors (Lipinski definition) is 4. The molecule has 0 bridgehead atoms. The predicted octanol–water partition coefficient (Wildman–Crippen LogP) is 0.804. The molecule has 0 rings (SSSR count). The van der Waals surface area contributed by atoms with Crippen molar-refractivity contribution in [1.29, 1.82) is 0 Å². The minimum Gasteiger partial charge on any atom is -0.314 e. The lowest BCUT2D eigenvalue weighted by atomic mass is 10.2. The van der Waals surface area contributed by atoms with Crippen molar-refractivity contribution < 1.29 is 0 Å². The van der Waals surface area contributed by atoms with Crippen LogP contribution in [0.25, 0.3) is 0 Å². The molecule has 0 aliphatic heterocycles. The summed E-state index contributed by atoms with van der Waals surface area (Å²) in [6.45, 7) is 5.20. The first-order chi connectivity index (χ1) is 5.85. The van der Waals surface area contributed by atoms with Crippen molar-refractivity contribution >= 4 is 25.3 Å². The van der Waals surface area contributed by atoms with E-state index >= 15 is 0 Å². The maximum absolute atomic E-state index is 4.15. The molecule has 0 heterocycles. The lowest BCUT2D eigenvalue weighted by molar-refractivity contribution is 0.482. The molecule has 1 atom stereocenters. The second-order valence-electron chi connectivity index (χ2n) is 2.71. The van der Waals surface area contributed by atoms with E-state index in [4.69, 9.17) is 0 Å². The molecule has 0 saturated heterocycles. The van der Waals surface area contributed by atoms with E-state index in [0.717, 1.165) is 37.6 Å². The molecule has 74 valence electrons. The highest BCUT2D eigenvalue weighted by molar-refractivity contribution is 7.80. The van der Waals surface area contributed by atoms with Crippen molar-refractivity contribution in [1.82, 2.24) is 10.6 Å². The molecule has 0 aromatic carbocycles. The molecule has 0 radical (unpaired) electrons. The van der Waals surface area contributed by atoms with E-state index < -0.39 is 0 Å². The quantitative estimate of drug-likeness (QED) is 0.350. The minimum absolute atomic E-state index is 0.581. The summed E-state index contributed by atoms with van der Waals surface area (Å²) in [6.07, 6.45) is 1.16. The summed E-state index contributed by atoms with van der Waals surface area (Å²) < 4.78 is 0. The van der Waals surface area contributed by atoms with Crippen molar-refractivity contribution in [2.75, 3.05) is 31.1 Å². The average molecular weight is 208 g/mol. The smallest absolute Gasteiger partial charge is 0.0190 e. The highest BCUT2D eigenvalue weighted by Gasteiger charge is 2.02. The van der Waals surface area contributed by atoms with Crippen LogP contribution in [-0.4, -0.2) is 37.2 Å². The van der Waals surface area contributed by atoms with Crippen LogP contribution in [0.4, 0.5) is 0 Å². The van der Waals surface area contributed by atoms with E-state index in [2.05, 4.69) is 42.8 Å². The topological polar surface area (TPSA) is 24.1 Å². The monoisotopic (exact) mass is 208 g/mol. The summed E-state index contributed by atoms with van der Waals surface area (Å²) in [5, 5.41) is 6.75. The number of nitrogens with one attached hydrogen (secondary N) is 2. The molecule has 0 saturated carbocycles. The summed E-state index contributed by atoms with van der Waals surface area (Å²) in [6, 6.07) is 0.581. The van der Waals surface area contributed by atoms with Gasteiger partial charge in [-0.2, -0.15) is 25.3 Å². The Bertz CT molecular complexity index is 91.1. The van der Waals surface area contributed by atoms with Crippen LogP contribution >= 0.6 is 25.3 Å². The fourth-order valence-corrected chi connectivity index (χ4v) is 1.27. The zero-order valence-corrected chi connectivity index (χ0v) is 9.50. The highest BCUT2D eigenvalue weighted by Crippen LogP contribution is 1.88. The molecule has 0 amide bonds. The van der Waals surface area contributed by atoms with Gasteiger partial charge >= 0.3 is 0 Å². The Morgan fingerprint density at radius 1 is 1.17 bits per heavy atom. The Morgan fingerprint density at radius 3 is 2.33 bits per heavy atom. The molecule has 12 heavy (non-hydrogen) atoms. The molecule has 4 heteroatoms.